The van der Waals surface area contributed by atoms with Crippen LogP contribution in [0.15, 0.2) is 28.8 Å². The highest BCUT2D eigenvalue weighted by atomic mass is 16.5. The van der Waals surface area contributed by atoms with Gasteiger partial charge in [-0.15, -0.1) is 0 Å². The second-order valence-electron chi connectivity index (χ2n) is 4.30. The molecule has 4 N–H and O–H groups in total. The van der Waals surface area contributed by atoms with Crippen LogP contribution in [0.4, 0.5) is 5.69 Å². The van der Waals surface area contributed by atoms with Gasteiger partial charge in [0.1, 0.15) is 11.5 Å². The number of nitrogens with zero attached hydrogens (tertiary/aromatic N) is 1. The monoisotopic (exact) mass is 260 g/mol. The third kappa shape index (κ3) is 3.11. The molecule has 6 nitrogen and oxygen atoms in total. The first-order valence-electron chi connectivity index (χ1n) is 5.88. The van der Waals surface area contributed by atoms with Gasteiger partial charge in [-0.25, -0.2) is 0 Å². The number of benzene rings is 1. The van der Waals surface area contributed by atoms with Crippen molar-refractivity contribution in [2.75, 3.05) is 5.43 Å². The number of hydrogen-bond donors (Lipinski definition) is 3. The molecule has 1 aromatic carbocycles. The summed E-state index contributed by atoms with van der Waals surface area (Å²) in [5.41, 5.74) is 5.27. The van der Waals surface area contributed by atoms with Crippen molar-refractivity contribution in [2.45, 2.75) is 20.4 Å². The second-order valence-corrected chi connectivity index (χ2v) is 4.30. The summed E-state index contributed by atoms with van der Waals surface area (Å²) in [6.07, 6.45) is 0. The van der Waals surface area contributed by atoms with Gasteiger partial charge >= 0.3 is 0 Å². The zero-order chi connectivity index (χ0) is 13.8. The lowest BCUT2D eigenvalue weighted by atomic mass is 10.1. The summed E-state index contributed by atoms with van der Waals surface area (Å²) in [6.45, 7) is 4.03. The number of aromatic nitrogens is 1. The van der Waals surface area contributed by atoms with Gasteiger partial charge in [0.2, 0.25) is 0 Å². The molecule has 0 unspecified atom stereocenters. The molecule has 0 atom stereocenters. The Morgan fingerprint density at radius 3 is 2.79 bits per heavy atom. The molecule has 1 aromatic heterocycles. The summed E-state index contributed by atoms with van der Waals surface area (Å²) in [4.78, 5) is 12.1. The summed E-state index contributed by atoms with van der Waals surface area (Å²) in [6, 6.07) is 7.20. The maximum atomic E-state index is 12.1. The van der Waals surface area contributed by atoms with E-state index in [9.17, 15) is 4.79 Å². The Balaban J connectivity index is 2.09. The minimum Gasteiger partial charge on any atom is -0.361 e. The predicted molar refractivity (Wildman–Crippen MR) is 71.4 cm³/mol. The second kappa shape index (κ2) is 5.53. The van der Waals surface area contributed by atoms with Gasteiger partial charge in [-0.05, 0) is 26.0 Å². The number of amides is 1. The van der Waals surface area contributed by atoms with Gasteiger partial charge < -0.3 is 15.3 Å². The van der Waals surface area contributed by atoms with Crippen molar-refractivity contribution in [3.8, 4) is 0 Å². The summed E-state index contributed by atoms with van der Waals surface area (Å²) >= 11 is 0. The molecule has 100 valence electrons. The largest absolute Gasteiger partial charge is 0.361 e. The zero-order valence-electron chi connectivity index (χ0n) is 10.9. The number of aryl methyl sites for hydroxylation is 2. The van der Waals surface area contributed by atoms with Crippen molar-refractivity contribution >= 4 is 11.6 Å². The lowest BCUT2D eigenvalue weighted by Gasteiger charge is -2.09. The standard InChI is InChI=1S/C13H16N4O2/c1-8-3-4-12(16-14)11(5-8)13(18)15-7-10-6-9(2)19-17-10/h3-6,16H,7,14H2,1-2H3,(H,15,18). The van der Waals surface area contributed by atoms with Crippen molar-refractivity contribution in [3.05, 3.63) is 46.8 Å². The molecular formula is C13H16N4O2. The summed E-state index contributed by atoms with van der Waals surface area (Å²) < 4.78 is 4.93. The van der Waals surface area contributed by atoms with Gasteiger partial charge in [-0.1, -0.05) is 16.8 Å². The fourth-order valence-corrected chi connectivity index (χ4v) is 1.74. The van der Waals surface area contributed by atoms with Crippen LogP contribution < -0.4 is 16.6 Å². The Morgan fingerprint density at radius 1 is 1.37 bits per heavy atom. The molecule has 1 amide bonds. The number of anilines is 1. The summed E-state index contributed by atoms with van der Waals surface area (Å²) in [5.74, 6) is 5.89. The van der Waals surface area contributed by atoms with Crippen molar-refractivity contribution in [1.29, 1.82) is 0 Å². The molecule has 0 saturated heterocycles. The zero-order valence-corrected chi connectivity index (χ0v) is 10.9. The van der Waals surface area contributed by atoms with E-state index in [-0.39, 0.29) is 5.91 Å². The molecule has 0 aliphatic heterocycles. The molecule has 0 aliphatic carbocycles. The first kappa shape index (κ1) is 13.1. The third-order valence-electron chi connectivity index (χ3n) is 2.68. The van der Waals surface area contributed by atoms with Crippen molar-refractivity contribution in [1.82, 2.24) is 10.5 Å². The van der Waals surface area contributed by atoms with Crippen LogP contribution in [0, 0.1) is 13.8 Å². The Labute approximate surface area is 110 Å². The first-order valence-corrected chi connectivity index (χ1v) is 5.88. The molecule has 0 spiro atoms. The Hall–Kier alpha value is -2.34. The van der Waals surface area contributed by atoms with E-state index in [2.05, 4.69) is 15.9 Å². The number of hydrogen-bond acceptors (Lipinski definition) is 5. The molecule has 0 radical (unpaired) electrons. The molecule has 19 heavy (non-hydrogen) atoms. The van der Waals surface area contributed by atoms with E-state index in [1.165, 1.54) is 0 Å². The van der Waals surface area contributed by atoms with Gasteiger partial charge in [0.25, 0.3) is 5.91 Å². The number of nitrogens with two attached hydrogens (primary N) is 1. The quantitative estimate of drug-likeness (QED) is 0.572. The van der Waals surface area contributed by atoms with Crippen LogP contribution in [-0.4, -0.2) is 11.1 Å². The molecule has 0 bridgehead atoms. The van der Waals surface area contributed by atoms with E-state index < -0.39 is 0 Å². The van der Waals surface area contributed by atoms with Gasteiger partial charge in [-0.2, -0.15) is 0 Å². The molecule has 0 fully saturated rings. The van der Waals surface area contributed by atoms with Crippen molar-refractivity contribution in [2.24, 2.45) is 5.84 Å². The third-order valence-corrected chi connectivity index (χ3v) is 2.68. The summed E-state index contributed by atoms with van der Waals surface area (Å²) in [7, 11) is 0. The first-order chi connectivity index (χ1) is 9.10. The minimum absolute atomic E-state index is 0.211. The maximum absolute atomic E-state index is 12.1. The lowest BCUT2D eigenvalue weighted by Crippen LogP contribution is -2.25. The van der Waals surface area contributed by atoms with Crippen molar-refractivity contribution in [3.63, 3.8) is 0 Å². The number of nitrogen functional groups attached to an aromatic ring is 1. The number of carbonyl (C=O) groups excluding carboxylic acids is 1. The van der Waals surface area contributed by atoms with Crippen LogP contribution in [0.3, 0.4) is 0 Å². The minimum atomic E-state index is -0.211. The van der Waals surface area contributed by atoms with E-state index in [1.54, 1.807) is 25.1 Å². The molecule has 6 heteroatoms. The van der Waals surface area contributed by atoms with Crippen LogP contribution in [-0.2, 0) is 6.54 Å². The van der Waals surface area contributed by atoms with E-state index in [1.807, 2.05) is 13.0 Å². The van der Waals surface area contributed by atoms with E-state index in [0.29, 0.717) is 29.2 Å². The number of rotatable bonds is 4. The van der Waals surface area contributed by atoms with Gasteiger partial charge in [0, 0.05) is 6.07 Å². The van der Waals surface area contributed by atoms with E-state index in [4.69, 9.17) is 10.4 Å². The fourth-order valence-electron chi connectivity index (χ4n) is 1.74. The highest BCUT2D eigenvalue weighted by Crippen LogP contribution is 2.16. The molecule has 0 saturated carbocycles. The smallest absolute Gasteiger partial charge is 0.253 e. The maximum Gasteiger partial charge on any atom is 0.253 e. The molecular weight excluding hydrogens is 244 g/mol. The van der Waals surface area contributed by atoms with Crippen LogP contribution in [0.25, 0.3) is 0 Å². The number of hydrazine groups is 1. The highest BCUT2D eigenvalue weighted by Gasteiger charge is 2.11. The average molecular weight is 260 g/mol. The highest BCUT2D eigenvalue weighted by molar-refractivity contribution is 5.99. The van der Waals surface area contributed by atoms with Gasteiger partial charge in [0.15, 0.2) is 0 Å². The van der Waals surface area contributed by atoms with Crippen LogP contribution in [0.5, 0.6) is 0 Å². The fraction of sp³-hybridized carbons (Fsp3) is 0.231. The Bertz CT molecular complexity index is 592. The average Bonchev–Trinajstić information content (AvgIpc) is 2.81. The van der Waals surface area contributed by atoms with E-state index in [0.717, 1.165) is 5.56 Å². The van der Waals surface area contributed by atoms with Crippen LogP contribution in [0.1, 0.15) is 27.4 Å². The number of carbonyl (C=O) groups is 1. The summed E-state index contributed by atoms with van der Waals surface area (Å²) in [5, 5.41) is 6.59. The van der Waals surface area contributed by atoms with Crippen LogP contribution in [0.2, 0.25) is 0 Å². The molecule has 0 aliphatic rings. The normalized spacial score (nSPS) is 10.3. The van der Waals surface area contributed by atoms with E-state index >= 15 is 0 Å². The predicted octanol–water partition coefficient (Wildman–Crippen LogP) is 1.51. The van der Waals surface area contributed by atoms with Gasteiger partial charge in [0.05, 0.1) is 17.8 Å². The Kier molecular flexibility index (Phi) is 3.82. The Morgan fingerprint density at radius 2 is 2.16 bits per heavy atom. The van der Waals surface area contributed by atoms with Crippen LogP contribution >= 0.6 is 0 Å². The number of nitrogens with one attached hydrogen (secondary N) is 2. The molecule has 2 aromatic rings. The molecule has 1 heterocycles. The SMILES string of the molecule is Cc1ccc(NN)c(C(=O)NCc2cc(C)on2)c1. The van der Waals surface area contributed by atoms with Gasteiger partial charge in [-0.3, -0.25) is 10.6 Å². The van der Waals surface area contributed by atoms with Crippen molar-refractivity contribution < 1.29 is 9.32 Å². The topological polar surface area (TPSA) is 93.2 Å². The molecule has 2 rings (SSSR count). The lowest BCUT2D eigenvalue weighted by molar-refractivity contribution is 0.0951.